The zero-order valence-electron chi connectivity index (χ0n) is 16.2. The van der Waals surface area contributed by atoms with E-state index in [9.17, 15) is 9.59 Å². The van der Waals surface area contributed by atoms with Crippen LogP contribution in [0.1, 0.15) is 10.5 Å². The molecular formula is C21H22N6O2. The van der Waals surface area contributed by atoms with Crippen molar-refractivity contribution in [3.63, 3.8) is 0 Å². The van der Waals surface area contributed by atoms with E-state index >= 15 is 0 Å². The lowest BCUT2D eigenvalue weighted by molar-refractivity contribution is 0.0665. The monoisotopic (exact) mass is 390 g/mol. The molecule has 0 radical (unpaired) electrons. The molecule has 3 heterocycles. The smallest absolute Gasteiger partial charge is 0.323 e. The van der Waals surface area contributed by atoms with Gasteiger partial charge in [-0.15, -0.1) is 0 Å². The highest BCUT2D eigenvalue weighted by Gasteiger charge is 2.26. The van der Waals surface area contributed by atoms with Crippen LogP contribution in [0, 0.1) is 0 Å². The molecule has 1 saturated heterocycles. The molecule has 0 unspecified atom stereocenters. The van der Waals surface area contributed by atoms with Crippen LogP contribution in [-0.4, -0.2) is 62.7 Å². The molecule has 1 N–H and O–H groups in total. The minimum Gasteiger partial charge on any atom is -0.334 e. The summed E-state index contributed by atoms with van der Waals surface area (Å²) in [6.45, 7) is 1.85. The normalized spacial score (nSPS) is 14.0. The van der Waals surface area contributed by atoms with E-state index in [-0.39, 0.29) is 11.9 Å². The van der Waals surface area contributed by atoms with Gasteiger partial charge in [0, 0.05) is 39.4 Å². The highest BCUT2D eigenvalue weighted by molar-refractivity contribution is 5.94. The Balaban J connectivity index is 1.38. The first-order chi connectivity index (χ1) is 14.1. The number of amides is 3. The number of aromatic nitrogens is 3. The number of nitrogens with zero attached hydrogens (tertiary/aromatic N) is 5. The van der Waals surface area contributed by atoms with E-state index in [1.165, 1.54) is 0 Å². The molecule has 1 aliphatic rings. The molecule has 1 fully saturated rings. The average molecular weight is 390 g/mol. The number of aryl methyl sites for hydroxylation is 1. The predicted molar refractivity (Wildman–Crippen MR) is 109 cm³/mol. The zero-order chi connectivity index (χ0) is 20.2. The Morgan fingerprint density at radius 2 is 1.62 bits per heavy atom. The van der Waals surface area contributed by atoms with Gasteiger partial charge in [-0.2, -0.15) is 5.10 Å². The van der Waals surface area contributed by atoms with Gasteiger partial charge in [-0.25, -0.2) is 9.78 Å². The second kappa shape index (κ2) is 8.14. The van der Waals surface area contributed by atoms with Crippen LogP contribution in [0.3, 0.4) is 0 Å². The third-order valence-corrected chi connectivity index (χ3v) is 4.92. The average Bonchev–Trinajstić information content (AvgIpc) is 3.16. The summed E-state index contributed by atoms with van der Waals surface area (Å²) in [5, 5.41) is 7.17. The van der Waals surface area contributed by atoms with Gasteiger partial charge in [-0.3, -0.25) is 14.8 Å². The second-order valence-corrected chi connectivity index (χ2v) is 6.83. The number of hydrogen-bond donors (Lipinski definition) is 1. The number of pyridine rings is 1. The summed E-state index contributed by atoms with van der Waals surface area (Å²) in [5.41, 5.74) is 2.32. The van der Waals surface area contributed by atoms with Crippen LogP contribution in [0.15, 0.2) is 60.8 Å². The summed E-state index contributed by atoms with van der Waals surface area (Å²) in [6.07, 6.45) is 1.63. The quantitative estimate of drug-likeness (QED) is 0.745. The number of nitrogens with one attached hydrogen (secondary N) is 1. The Morgan fingerprint density at radius 1 is 0.931 bits per heavy atom. The number of carbonyl (C=O) groups excluding carboxylic acids is 2. The number of benzene rings is 1. The summed E-state index contributed by atoms with van der Waals surface area (Å²) in [4.78, 5) is 32.8. The molecule has 148 valence electrons. The van der Waals surface area contributed by atoms with E-state index in [0.29, 0.717) is 37.7 Å². The molecule has 0 aliphatic carbocycles. The van der Waals surface area contributed by atoms with Gasteiger partial charge in [0.2, 0.25) is 0 Å². The number of hydrogen-bond acceptors (Lipinski definition) is 4. The minimum absolute atomic E-state index is 0.118. The molecule has 0 atom stereocenters. The number of piperazine rings is 1. The maximum atomic E-state index is 12.9. The fourth-order valence-corrected chi connectivity index (χ4v) is 3.35. The fraction of sp³-hybridized carbons (Fsp3) is 0.238. The third-order valence-electron chi connectivity index (χ3n) is 4.92. The van der Waals surface area contributed by atoms with Crippen molar-refractivity contribution >= 4 is 17.8 Å². The highest BCUT2D eigenvalue weighted by Crippen LogP contribution is 2.20. The first-order valence-electron chi connectivity index (χ1n) is 9.47. The molecule has 0 bridgehead atoms. The van der Waals surface area contributed by atoms with E-state index in [4.69, 9.17) is 0 Å². The minimum atomic E-state index is -0.208. The Hall–Kier alpha value is -3.68. The van der Waals surface area contributed by atoms with Crippen molar-refractivity contribution in [1.82, 2.24) is 24.6 Å². The van der Waals surface area contributed by atoms with Crippen LogP contribution < -0.4 is 5.32 Å². The van der Waals surface area contributed by atoms with Gasteiger partial charge in [-0.1, -0.05) is 36.4 Å². The van der Waals surface area contributed by atoms with Crippen LogP contribution in [0.4, 0.5) is 10.6 Å². The van der Waals surface area contributed by atoms with Crippen molar-refractivity contribution < 1.29 is 9.59 Å². The van der Waals surface area contributed by atoms with Crippen molar-refractivity contribution in [2.45, 2.75) is 0 Å². The van der Waals surface area contributed by atoms with Crippen molar-refractivity contribution in [2.24, 2.45) is 7.05 Å². The van der Waals surface area contributed by atoms with Gasteiger partial charge in [0.05, 0.1) is 5.69 Å². The van der Waals surface area contributed by atoms with Crippen LogP contribution >= 0.6 is 0 Å². The van der Waals surface area contributed by atoms with Crippen molar-refractivity contribution in [3.8, 4) is 11.3 Å². The lowest BCUT2D eigenvalue weighted by atomic mass is 10.1. The molecule has 1 aliphatic heterocycles. The Labute approximate surface area is 168 Å². The SMILES string of the molecule is Cn1nc(C(=O)N2CCN(C(=O)Nc3ccccn3)CC2)cc1-c1ccccc1. The molecule has 0 saturated carbocycles. The molecule has 4 rings (SSSR count). The molecule has 0 spiro atoms. The van der Waals surface area contributed by atoms with Gasteiger partial charge in [0.1, 0.15) is 5.82 Å². The van der Waals surface area contributed by atoms with Crippen LogP contribution in [0.2, 0.25) is 0 Å². The van der Waals surface area contributed by atoms with E-state index in [1.54, 1.807) is 32.8 Å². The zero-order valence-corrected chi connectivity index (χ0v) is 16.2. The summed E-state index contributed by atoms with van der Waals surface area (Å²) in [7, 11) is 1.83. The molecule has 8 nitrogen and oxygen atoms in total. The van der Waals surface area contributed by atoms with Crippen LogP contribution in [0.25, 0.3) is 11.3 Å². The first kappa shape index (κ1) is 18.7. The van der Waals surface area contributed by atoms with E-state index < -0.39 is 0 Å². The van der Waals surface area contributed by atoms with Gasteiger partial charge in [0.15, 0.2) is 5.69 Å². The maximum absolute atomic E-state index is 12.9. The molecule has 2 aromatic heterocycles. The van der Waals surface area contributed by atoms with E-state index in [0.717, 1.165) is 11.3 Å². The summed E-state index contributed by atoms with van der Waals surface area (Å²) in [5.74, 6) is 0.394. The van der Waals surface area contributed by atoms with Gasteiger partial charge < -0.3 is 9.80 Å². The molecular weight excluding hydrogens is 368 g/mol. The largest absolute Gasteiger partial charge is 0.334 e. The van der Waals surface area contributed by atoms with Crippen molar-refractivity contribution in [3.05, 3.63) is 66.5 Å². The van der Waals surface area contributed by atoms with Crippen LogP contribution in [-0.2, 0) is 7.05 Å². The standard InChI is InChI=1S/C21H22N6O2/c1-25-18(16-7-3-2-4-8-16)15-17(24-25)20(28)26-11-13-27(14-12-26)21(29)23-19-9-5-6-10-22-19/h2-10,15H,11-14H2,1H3,(H,22,23,29). The molecule has 3 amide bonds. The van der Waals surface area contributed by atoms with Gasteiger partial charge in [0.25, 0.3) is 5.91 Å². The van der Waals surface area contributed by atoms with Crippen molar-refractivity contribution in [2.75, 3.05) is 31.5 Å². The number of rotatable bonds is 3. The van der Waals surface area contributed by atoms with Gasteiger partial charge in [-0.05, 0) is 23.8 Å². The Bertz CT molecular complexity index is 995. The van der Waals surface area contributed by atoms with Crippen LogP contribution in [0.5, 0.6) is 0 Å². The topological polar surface area (TPSA) is 83.4 Å². The third kappa shape index (κ3) is 4.11. The summed E-state index contributed by atoms with van der Waals surface area (Å²) < 4.78 is 1.72. The Kier molecular flexibility index (Phi) is 5.24. The second-order valence-electron chi connectivity index (χ2n) is 6.83. The van der Waals surface area contributed by atoms with E-state index in [2.05, 4.69) is 15.4 Å². The predicted octanol–water partition coefficient (Wildman–Crippen LogP) is 2.47. The lowest BCUT2D eigenvalue weighted by Gasteiger charge is -2.34. The molecule has 29 heavy (non-hydrogen) atoms. The van der Waals surface area contributed by atoms with E-state index in [1.807, 2.05) is 49.5 Å². The van der Waals surface area contributed by atoms with Gasteiger partial charge >= 0.3 is 6.03 Å². The first-order valence-corrected chi connectivity index (χ1v) is 9.47. The number of anilines is 1. The highest BCUT2D eigenvalue weighted by atomic mass is 16.2. The molecule has 8 heteroatoms. The lowest BCUT2D eigenvalue weighted by Crippen LogP contribution is -2.51. The summed E-state index contributed by atoms with van der Waals surface area (Å²) in [6, 6.07) is 16.8. The Morgan fingerprint density at radius 3 is 2.31 bits per heavy atom. The molecule has 1 aromatic carbocycles. The number of carbonyl (C=O) groups is 2. The summed E-state index contributed by atoms with van der Waals surface area (Å²) >= 11 is 0. The molecule has 3 aromatic rings. The number of urea groups is 1. The maximum Gasteiger partial charge on any atom is 0.323 e. The fourth-order valence-electron chi connectivity index (χ4n) is 3.35. The van der Waals surface area contributed by atoms with Crippen molar-refractivity contribution in [1.29, 1.82) is 0 Å².